The molecule has 6 heteroatoms. The molecular weight excluding hydrogens is 306 g/mol. The predicted molar refractivity (Wildman–Crippen MR) is 88.1 cm³/mol. The molecule has 0 radical (unpaired) electrons. The number of rotatable bonds is 4. The quantitative estimate of drug-likeness (QED) is 0.926. The highest BCUT2D eigenvalue weighted by atomic mass is 16.5. The average molecular weight is 329 g/mol. The van der Waals surface area contributed by atoms with E-state index in [9.17, 15) is 5.11 Å². The number of morpholine rings is 1. The highest BCUT2D eigenvalue weighted by molar-refractivity contribution is 5.51. The van der Waals surface area contributed by atoms with E-state index in [4.69, 9.17) is 9.15 Å². The number of hydrogen-bond donors (Lipinski definition) is 1. The Balaban J connectivity index is 1.48. The third kappa shape index (κ3) is 3.22. The monoisotopic (exact) mass is 329 g/mol. The number of hydrogen-bond acceptors (Lipinski definition) is 6. The van der Waals surface area contributed by atoms with E-state index in [1.807, 2.05) is 30.3 Å². The Hall–Kier alpha value is -1.76. The fourth-order valence-electron chi connectivity index (χ4n) is 3.85. The van der Waals surface area contributed by atoms with Gasteiger partial charge in [0.15, 0.2) is 0 Å². The molecule has 6 nitrogen and oxygen atoms in total. The first-order valence-corrected chi connectivity index (χ1v) is 8.69. The standard InChI is InChI=1S/C18H23N3O3/c22-16-8-4-7-14(16)15-12-23-10-9-21(15)11-17-19-20-18(24-17)13-5-2-1-3-6-13/h1-3,5-6,14-16,22H,4,7-12H2. The molecule has 24 heavy (non-hydrogen) atoms. The number of aliphatic hydroxyl groups excluding tert-OH is 1. The van der Waals surface area contributed by atoms with Gasteiger partial charge in [0.2, 0.25) is 11.8 Å². The summed E-state index contributed by atoms with van der Waals surface area (Å²) in [5.74, 6) is 1.45. The normalized spacial score (nSPS) is 28.3. The van der Waals surface area contributed by atoms with Gasteiger partial charge in [0.25, 0.3) is 0 Å². The van der Waals surface area contributed by atoms with Crippen molar-refractivity contribution in [1.29, 1.82) is 0 Å². The van der Waals surface area contributed by atoms with Crippen molar-refractivity contribution >= 4 is 0 Å². The summed E-state index contributed by atoms with van der Waals surface area (Å²) >= 11 is 0. The zero-order valence-corrected chi connectivity index (χ0v) is 13.7. The van der Waals surface area contributed by atoms with Crippen molar-refractivity contribution in [1.82, 2.24) is 15.1 Å². The second kappa shape index (κ2) is 7.01. The molecule has 1 aromatic heterocycles. The second-order valence-electron chi connectivity index (χ2n) is 6.64. The van der Waals surface area contributed by atoms with Crippen LogP contribution in [0.4, 0.5) is 0 Å². The Morgan fingerprint density at radius 2 is 2.04 bits per heavy atom. The number of nitrogens with zero attached hydrogens (tertiary/aromatic N) is 3. The number of ether oxygens (including phenoxy) is 1. The second-order valence-corrected chi connectivity index (χ2v) is 6.64. The molecule has 0 bridgehead atoms. The molecule has 1 saturated heterocycles. The maximum absolute atomic E-state index is 10.2. The van der Waals surface area contributed by atoms with Crippen molar-refractivity contribution in [3.63, 3.8) is 0 Å². The fourth-order valence-corrected chi connectivity index (χ4v) is 3.85. The van der Waals surface area contributed by atoms with Gasteiger partial charge in [-0.05, 0) is 25.0 Å². The first-order valence-electron chi connectivity index (χ1n) is 8.69. The van der Waals surface area contributed by atoms with Crippen LogP contribution in [0.3, 0.4) is 0 Å². The van der Waals surface area contributed by atoms with Gasteiger partial charge in [-0.1, -0.05) is 24.6 Å². The summed E-state index contributed by atoms with van der Waals surface area (Å²) in [4.78, 5) is 2.32. The zero-order chi connectivity index (χ0) is 16.4. The molecule has 128 valence electrons. The van der Waals surface area contributed by atoms with Gasteiger partial charge >= 0.3 is 0 Å². The van der Waals surface area contributed by atoms with Gasteiger partial charge in [0.1, 0.15) is 0 Å². The largest absolute Gasteiger partial charge is 0.419 e. The summed E-state index contributed by atoms with van der Waals surface area (Å²) in [5, 5.41) is 18.6. The Morgan fingerprint density at radius 3 is 2.83 bits per heavy atom. The van der Waals surface area contributed by atoms with Gasteiger partial charge in [-0.2, -0.15) is 0 Å². The molecule has 3 atom stereocenters. The molecule has 1 aliphatic heterocycles. The third-order valence-electron chi connectivity index (χ3n) is 5.13. The Bertz CT molecular complexity index is 661. The van der Waals surface area contributed by atoms with Gasteiger partial charge < -0.3 is 14.3 Å². The van der Waals surface area contributed by atoms with Crippen molar-refractivity contribution in [2.45, 2.75) is 38.0 Å². The van der Waals surface area contributed by atoms with Crippen LogP contribution in [-0.2, 0) is 11.3 Å². The Morgan fingerprint density at radius 1 is 1.17 bits per heavy atom. The lowest BCUT2D eigenvalue weighted by molar-refractivity contribution is -0.0562. The Labute approximate surface area is 141 Å². The minimum absolute atomic E-state index is 0.221. The maximum atomic E-state index is 10.2. The van der Waals surface area contributed by atoms with Crippen molar-refractivity contribution in [3.05, 3.63) is 36.2 Å². The van der Waals surface area contributed by atoms with Gasteiger partial charge in [-0.3, -0.25) is 4.90 Å². The van der Waals surface area contributed by atoms with E-state index in [1.165, 1.54) is 0 Å². The molecule has 2 fully saturated rings. The highest BCUT2D eigenvalue weighted by Gasteiger charge is 2.38. The lowest BCUT2D eigenvalue weighted by Gasteiger charge is -2.39. The molecule has 3 unspecified atom stereocenters. The molecule has 1 saturated carbocycles. The zero-order valence-electron chi connectivity index (χ0n) is 13.7. The minimum atomic E-state index is -0.221. The van der Waals surface area contributed by atoms with Gasteiger partial charge in [-0.15, -0.1) is 10.2 Å². The van der Waals surface area contributed by atoms with Crippen LogP contribution >= 0.6 is 0 Å². The molecule has 2 aliphatic rings. The molecule has 1 N–H and O–H groups in total. The van der Waals surface area contributed by atoms with Crippen LogP contribution in [0, 0.1) is 5.92 Å². The van der Waals surface area contributed by atoms with E-state index in [-0.39, 0.29) is 18.1 Å². The third-order valence-corrected chi connectivity index (χ3v) is 5.13. The molecular formula is C18H23N3O3. The molecule has 0 amide bonds. The lowest BCUT2D eigenvalue weighted by Crippen LogP contribution is -2.50. The van der Waals surface area contributed by atoms with Crippen LogP contribution in [0.5, 0.6) is 0 Å². The van der Waals surface area contributed by atoms with Crippen LogP contribution in [0.15, 0.2) is 34.7 Å². The van der Waals surface area contributed by atoms with E-state index < -0.39 is 0 Å². The van der Waals surface area contributed by atoms with Crippen molar-refractivity contribution in [2.24, 2.45) is 5.92 Å². The molecule has 2 aromatic rings. The fraction of sp³-hybridized carbons (Fsp3) is 0.556. The SMILES string of the molecule is OC1CCCC1C1COCCN1Cc1nnc(-c2ccccc2)o1. The van der Waals surface area contributed by atoms with Crippen LogP contribution in [0.2, 0.25) is 0 Å². The Kier molecular flexibility index (Phi) is 4.60. The first kappa shape index (κ1) is 15.7. The molecule has 0 spiro atoms. The minimum Gasteiger partial charge on any atom is -0.419 e. The topological polar surface area (TPSA) is 71.6 Å². The van der Waals surface area contributed by atoms with Crippen LogP contribution in [0.25, 0.3) is 11.5 Å². The molecule has 1 aromatic carbocycles. The maximum Gasteiger partial charge on any atom is 0.247 e. The molecule has 4 rings (SSSR count). The number of aliphatic hydroxyl groups is 1. The summed E-state index contributed by atoms with van der Waals surface area (Å²) in [6.45, 7) is 2.81. The van der Waals surface area contributed by atoms with Gasteiger partial charge in [0, 0.05) is 24.1 Å². The van der Waals surface area contributed by atoms with Crippen molar-refractivity contribution < 1.29 is 14.3 Å². The summed E-state index contributed by atoms with van der Waals surface area (Å²) in [6, 6.07) is 10.0. The molecule has 1 aliphatic carbocycles. The first-order chi connectivity index (χ1) is 11.8. The van der Waals surface area contributed by atoms with Crippen LogP contribution < -0.4 is 0 Å². The number of aromatic nitrogens is 2. The van der Waals surface area contributed by atoms with E-state index in [0.717, 1.165) is 31.4 Å². The average Bonchev–Trinajstić information content (AvgIpc) is 3.25. The summed E-state index contributed by atoms with van der Waals surface area (Å²) in [5.41, 5.74) is 0.931. The van der Waals surface area contributed by atoms with Crippen LogP contribution in [-0.4, -0.2) is 52.1 Å². The lowest BCUT2D eigenvalue weighted by atomic mass is 9.94. The van der Waals surface area contributed by atoms with E-state index in [2.05, 4.69) is 15.1 Å². The number of benzene rings is 1. The smallest absolute Gasteiger partial charge is 0.247 e. The predicted octanol–water partition coefficient (Wildman–Crippen LogP) is 2.10. The van der Waals surface area contributed by atoms with Crippen molar-refractivity contribution in [3.8, 4) is 11.5 Å². The summed E-state index contributed by atoms with van der Waals surface area (Å²) in [7, 11) is 0. The van der Waals surface area contributed by atoms with E-state index in [0.29, 0.717) is 31.5 Å². The van der Waals surface area contributed by atoms with E-state index in [1.54, 1.807) is 0 Å². The van der Waals surface area contributed by atoms with Crippen molar-refractivity contribution in [2.75, 3.05) is 19.8 Å². The van der Waals surface area contributed by atoms with Crippen LogP contribution in [0.1, 0.15) is 25.2 Å². The van der Waals surface area contributed by atoms with Gasteiger partial charge in [0.05, 0.1) is 25.9 Å². The van der Waals surface area contributed by atoms with Gasteiger partial charge in [-0.25, -0.2) is 0 Å². The van der Waals surface area contributed by atoms with E-state index >= 15 is 0 Å². The summed E-state index contributed by atoms with van der Waals surface area (Å²) in [6.07, 6.45) is 2.83. The summed E-state index contributed by atoms with van der Waals surface area (Å²) < 4.78 is 11.5. The highest BCUT2D eigenvalue weighted by Crippen LogP contribution is 2.32. The molecule has 2 heterocycles.